The summed E-state index contributed by atoms with van der Waals surface area (Å²) in [6.07, 6.45) is 2.97. The van der Waals surface area contributed by atoms with Crippen LogP contribution in [0.3, 0.4) is 0 Å². The van der Waals surface area contributed by atoms with Gasteiger partial charge in [-0.15, -0.1) is 0 Å². The van der Waals surface area contributed by atoms with E-state index in [1.54, 1.807) is 6.07 Å². The van der Waals surface area contributed by atoms with E-state index in [2.05, 4.69) is 5.32 Å². The first-order chi connectivity index (χ1) is 9.21. The zero-order chi connectivity index (χ0) is 13.8. The molecule has 1 atom stereocenters. The Kier molecular flexibility index (Phi) is 4.47. The van der Waals surface area contributed by atoms with E-state index in [4.69, 9.17) is 14.2 Å². The molecule has 0 saturated carbocycles. The summed E-state index contributed by atoms with van der Waals surface area (Å²) in [5.41, 5.74) is 0.803. The van der Waals surface area contributed by atoms with E-state index < -0.39 is 5.82 Å². The van der Waals surface area contributed by atoms with Crippen molar-refractivity contribution in [2.24, 2.45) is 0 Å². The Hall–Kier alpha value is -1.49. The first kappa shape index (κ1) is 13.9. The molecule has 2 rings (SSSR count). The smallest absolute Gasteiger partial charge is 0.210 e. The van der Waals surface area contributed by atoms with Crippen molar-refractivity contribution in [3.8, 4) is 17.2 Å². The second-order valence-electron chi connectivity index (χ2n) is 4.62. The highest BCUT2D eigenvalue weighted by atomic mass is 19.1. The fourth-order valence-corrected chi connectivity index (χ4v) is 2.55. The number of nitrogens with one attached hydrogen (secondary N) is 1. The molecule has 0 bridgehead atoms. The fraction of sp³-hybridized carbons (Fsp3) is 0.571. The van der Waals surface area contributed by atoms with E-state index in [0.717, 1.165) is 31.4 Å². The molecule has 1 aromatic rings. The van der Waals surface area contributed by atoms with Gasteiger partial charge in [-0.1, -0.05) is 0 Å². The van der Waals surface area contributed by atoms with Gasteiger partial charge >= 0.3 is 0 Å². The molecule has 0 amide bonds. The number of benzene rings is 1. The molecule has 4 nitrogen and oxygen atoms in total. The lowest BCUT2D eigenvalue weighted by Gasteiger charge is -2.17. The summed E-state index contributed by atoms with van der Waals surface area (Å²) >= 11 is 0. The molecule has 1 aliphatic heterocycles. The molecule has 1 heterocycles. The van der Waals surface area contributed by atoms with E-state index >= 15 is 0 Å². The number of hydrogen-bond acceptors (Lipinski definition) is 4. The number of halogens is 1. The van der Waals surface area contributed by atoms with Crippen LogP contribution in [0.5, 0.6) is 17.2 Å². The quantitative estimate of drug-likeness (QED) is 0.889. The summed E-state index contributed by atoms with van der Waals surface area (Å²) in [5, 5.41) is 3.39. The molecule has 0 spiro atoms. The molecular weight excluding hydrogens is 249 g/mol. The van der Waals surface area contributed by atoms with Crippen LogP contribution >= 0.6 is 0 Å². The minimum atomic E-state index is -0.502. The Labute approximate surface area is 112 Å². The summed E-state index contributed by atoms with van der Waals surface area (Å²) < 4.78 is 29.7. The highest BCUT2D eigenvalue weighted by Crippen LogP contribution is 2.39. The van der Waals surface area contributed by atoms with Gasteiger partial charge in [-0.05, 0) is 31.9 Å². The lowest BCUT2D eigenvalue weighted by Crippen LogP contribution is -2.24. The summed E-state index contributed by atoms with van der Waals surface area (Å²) in [6.45, 7) is 1.02. The van der Waals surface area contributed by atoms with Crippen LogP contribution < -0.4 is 19.5 Å². The van der Waals surface area contributed by atoms with Crippen LogP contribution in [-0.2, 0) is 6.42 Å². The van der Waals surface area contributed by atoms with Crippen molar-refractivity contribution in [2.75, 3.05) is 27.9 Å². The minimum Gasteiger partial charge on any atom is -0.493 e. The predicted octanol–water partition coefficient (Wildman–Crippen LogP) is 2.15. The van der Waals surface area contributed by atoms with E-state index in [9.17, 15) is 4.39 Å². The van der Waals surface area contributed by atoms with E-state index in [-0.39, 0.29) is 11.5 Å². The maximum absolute atomic E-state index is 14.3. The molecule has 1 unspecified atom stereocenters. The van der Waals surface area contributed by atoms with Crippen LogP contribution in [0.1, 0.15) is 18.4 Å². The van der Waals surface area contributed by atoms with Gasteiger partial charge in [0.1, 0.15) is 0 Å². The molecule has 1 N–H and O–H groups in total. The Bertz CT molecular complexity index is 445. The van der Waals surface area contributed by atoms with Crippen LogP contribution in [0.25, 0.3) is 0 Å². The van der Waals surface area contributed by atoms with Gasteiger partial charge in [-0.25, -0.2) is 0 Å². The molecule has 0 aliphatic carbocycles. The molecule has 0 radical (unpaired) electrons. The van der Waals surface area contributed by atoms with Gasteiger partial charge in [-0.3, -0.25) is 0 Å². The molecule has 1 saturated heterocycles. The minimum absolute atomic E-state index is 0.0856. The van der Waals surface area contributed by atoms with Gasteiger partial charge < -0.3 is 19.5 Å². The average Bonchev–Trinajstić information content (AvgIpc) is 2.91. The lowest BCUT2D eigenvalue weighted by atomic mass is 10.0. The number of ether oxygens (including phenoxy) is 3. The second kappa shape index (κ2) is 6.10. The van der Waals surface area contributed by atoms with Gasteiger partial charge in [0, 0.05) is 11.6 Å². The highest BCUT2D eigenvalue weighted by Gasteiger charge is 2.23. The standard InChI is InChI=1S/C14H20FNO3/c1-17-11-8-9(7-10-5-4-6-16-10)13(18-2)12(15)14(11)19-3/h8,10,16H,4-7H2,1-3H3. The Balaban J connectivity index is 2.37. The zero-order valence-corrected chi connectivity index (χ0v) is 11.6. The third-order valence-electron chi connectivity index (χ3n) is 3.48. The molecule has 1 fully saturated rings. The zero-order valence-electron chi connectivity index (χ0n) is 11.6. The van der Waals surface area contributed by atoms with Gasteiger partial charge in [0.05, 0.1) is 21.3 Å². The topological polar surface area (TPSA) is 39.7 Å². The Morgan fingerprint density at radius 3 is 2.47 bits per heavy atom. The van der Waals surface area contributed by atoms with Crippen molar-refractivity contribution in [1.82, 2.24) is 5.32 Å². The lowest BCUT2D eigenvalue weighted by molar-refractivity contribution is 0.317. The summed E-state index contributed by atoms with van der Waals surface area (Å²) in [4.78, 5) is 0. The van der Waals surface area contributed by atoms with Crippen molar-refractivity contribution in [2.45, 2.75) is 25.3 Å². The molecule has 1 aromatic carbocycles. The predicted molar refractivity (Wildman–Crippen MR) is 70.8 cm³/mol. The molecule has 19 heavy (non-hydrogen) atoms. The maximum atomic E-state index is 14.3. The third-order valence-corrected chi connectivity index (χ3v) is 3.48. The maximum Gasteiger partial charge on any atom is 0.210 e. The molecule has 1 aliphatic rings. The second-order valence-corrected chi connectivity index (χ2v) is 4.62. The highest BCUT2D eigenvalue weighted by molar-refractivity contribution is 5.52. The molecule has 106 valence electrons. The molecular formula is C14H20FNO3. The number of hydrogen-bond donors (Lipinski definition) is 1. The van der Waals surface area contributed by atoms with Crippen LogP contribution in [0, 0.1) is 5.82 Å². The van der Waals surface area contributed by atoms with Crippen molar-refractivity contribution >= 4 is 0 Å². The van der Waals surface area contributed by atoms with E-state index in [1.165, 1.54) is 21.3 Å². The average molecular weight is 269 g/mol. The summed E-state index contributed by atoms with van der Waals surface area (Å²) in [5.74, 6) is 0.222. The number of rotatable bonds is 5. The van der Waals surface area contributed by atoms with Gasteiger partial charge in [0.15, 0.2) is 11.5 Å². The van der Waals surface area contributed by atoms with Crippen molar-refractivity contribution in [1.29, 1.82) is 0 Å². The normalized spacial score (nSPS) is 18.4. The largest absolute Gasteiger partial charge is 0.493 e. The summed E-state index contributed by atoms with van der Waals surface area (Å²) in [6, 6.07) is 2.16. The Morgan fingerprint density at radius 2 is 1.95 bits per heavy atom. The molecule has 0 aromatic heterocycles. The fourth-order valence-electron chi connectivity index (χ4n) is 2.55. The van der Waals surface area contributed by atoms with Gasteiger partial charge in [0.25, 0.3) is 0 Å². The summed E-state index contributed by atoms with van der Waals surface area (Å²) in [7, 11) is 4.38. The van der Waals surface area contributed by atoms with Crippen LogP contribution in [0.4, 0.5) is 4.39 Å². The van der Waals surface area contributed by atoms with E-state index in [0.29, 0.717) is 11.8 Å². The Morgan fingerprint density at radius 1 is 1.21 bits per heavy atom. The van der Waals surface area contributed by atoms with Crippen LogP contribution in [0.15, 0.2) is 6.07 Å². The van der Waals surface area contributed by atoms with Crippen LogP contribution in [0.2, 0.25) is 0 Å². The first-order valence-corrected chi connectivity index (χ1v) is 6.42. The van der Waals surface area contributed by atoms with Crippen LogP contribution in [-0.4, -0.2) is 33.9 Å². The van der Waals surface area contributed by atoms with E-state index in [1.807, 2.05) is 0 Å². The van der Waals surface area contributed by atoms with Gasteiger partial charge in [-0.2, -0.15) is 4.39 Å². The van der Waals surface area contributed by atoms with Crippen molar-refractivity contribution in [3.05, 3.63) is 17.4 Å². The SMILES string of the molecule is COc1cc(CC2CCCN2)c(OC)c(F)c1OC. The van der Waals surface area contributed by atoms with Gasteiger partial charge in [0.2, 0.25) is 11.6 Å². The first-order valence-electron chi connectivity index (χ1n) is 6.42. The monoisotopic (exact) mass is 269 g/mol. The number of methoxy groups -OCH3 is 3. The van der Waals surface area contributed by atoms with Crippen molar-refractivity contribution in [3.63, 3.8) is 0 Å². The third kappa shape index (κ3) is 2.76. The molecule has 5 heteroatoms. The van der Waals surface area contributed by atoms with Crippen molar-refractivity contribution < 1.29 is 18.6 Å².